The standard InChI is InChI=1S/C23H25N5O3/c24-15-23(10-1-2-11-23)17-6-8-18(9-7-17)27-21(29)19-5-3-12-25-20(19)26-16-31-22(30)28-13-4-14-28/h3,5-9,12H,1-2,4,10-11,13-14,16H2,(H,25,26)(H,27,29). The van der Waals surface area contributed by atoms with Crippen molar-refractivity contribution in [2.45, 2.75) is 37.5 Å². The van der Waals surface area contributed by atoms with E-state index in [0.29, 0.717) is 30.2 Å². The molecule has 0 bridgehead atoms. The number of hydrogen-bond acceptors (Lipinski definition) is 6. The highest BCUT2D eigenvalue weighted by Crippen LogP contribution is 2.40. The topological polar surface area (TPSA) is 107 Å². The lowest BCUT2D eigenvalue weighted by Gasteiger charge is -2.29. The Kier molecular flexibility index (Phi) is 6.03. The molecule has 2 fully saturated rings. The zero-order valence-electron chi connectivity index (χ0n) is 17.3. The Bertz CT molecular complexity index is 989. The Morgan fingerprint density at radius 3 is 2.52 bits per heavy atom. The molecule has 2 aliphatic rings. The number of nitrogens with zero attached hydrogens (tertiary/aromatic N) is 3. The number of benzene rings is 1. The maximum absolute atomic E-state index is 12.8. The van der Waals surface area contributed by atoms with Gasteiger partial charge in [-0.1, -0.05) is 25.0 Å². The van der Waals surface area contributed by atoms with Gasteiger partial charge < -0.3 is 20.3 Å². The van der Waals surface area contributed by atoms with Crippen molar-refractivity contribution in [1.29, 1.82) is 5.26 Å². The molecule has 2 amide bonds. The number of nitrogens with one attached hydrogen (secondary N) is 2. The molecular formula is C23H25N5O3. The monoisotopic (exact) mass is 419 g/mol. The molecule has 1 aromatic heterocycles. The highest BCUT2D eigenvalue weighted by molar-refractivity contribution is 6.07. The first-order valence-electron chi connectivity index (χ1n) is 10.5. The molecule has 8 heteroatoms. The van der Waals surface area contributed by atoms with Gasteiger partial charge in [0.05, 0.1) is 17.0 Å². The van der Waals surface area contributed by atoms with E-state index in [9.17, 15) is 14.9 Å². The van der Waals surface area contributed by atoms with E-state index in [1.807, 2.05) is 24.3 Å². The molecule has 4 rings (SSSR count). The minimum atomic E-state index is -0.406. The second-order valence-electron chi connectivity index (χ2n) is 7.90. The summed E-state index contributed by atoms with van der Waals surface area (Å²) in [4.78, 5) is 30.4. The first-order valence-corrected chi connectivity index (χ1v) is 10.5. The van der Waals surface area contributed by atoms with Gasteiger partial charge in [-0.25, -0.2) is 9.78 Å². The fourth-order valence-electron chi connectivity index (χ4n) is 4.00. The molecule has 0 atom stereocenters. The highest BCUT2D eigenvalue weighted by atomic mass is 16.6. The summed E-state index contributed by atoms with van der Waals surface area (Å²) in [5, 5.41) is 15.4. The van der Waals surface area contributed by atoms with Crippen molar-refractivity contribution in [3.05, 3.63) is 53.7 Å². The molecule has 2 heterocycles. The van der Waals surface area contributed by atoms with E-state index in [4.69, 9.17) is 4.74 Å². The van der Waals surface area contributed by atoms with Gasteiger partial charge in [0.2, 0.25) is 0 Å². The SMILES string of the molecule is N#CC1(c2ccc(NC(=O)c3cccnc3NCOC(=O)N3CCC3)cc2)CCCC1. The Morgan fingerprint density at radius 1 is 1.13 bits per heavy atom. The number of pyridine rings is 1. The first-order chi connectivity index (χ1) is 15.1. The minimum absolute atomic E-state index is 0.0719. The summed E-state index contributed by atoms with van der Waals surface area (Å²) in [5.74, 6) is 0.00991. The lowest BCUT2D eigenvalue weighted by atomic mass is 9.80. The lowest BCUT2D eigenvalue weighted by Crippen LogP contribution is -2.42. The summed E-state index contributed by atoms with van der Waals surface area (Å²) in [5.41, 5.74) is 1.57. The Balaban J connectivity index is 1.38. The highest BCUT2D eigenvalue weighted by Gasteiger charge is 2.35. The van der Waals surface area contributed by atoms with Gasteiger partial charge in [-0.2, -0.15) is 5.26 Å². The number of carbonyl (C=O) groups is 2. The first kappa shape index (κ1) is 20.7. The van der Waals surface area contributed by atoms with Gasteiger partial charge in [0, 0.05) is 25.0 Å². The fourth-order valence-corrected chi connectivity index (χ4v) is 4.00. The molecule has 2 aromatic rings. The van der Waals surface area contributed by atoms with Crippen LogP contribution in [0.4, 0.5) is 16.3 Å². The second kappa shape index (κ2) is 9.04. The Hall–Kier alpha value is -3.60. The molecule has 1 saturated heterocycles. The minimum Gasteiger partial charge on any atom is -0.428 e. The van der Waals surface area contributed by atoms with Crippen LogP contribution in [0.15, 0.2) is 42.6 Å². The number of anilines is 2. The largest absolute Gasteiger partial charge is 0.428 e. The molecule has 1 aliphatic heterocycles. The molecule has 1 aromatic carbocycles. The Labute approximate surface area is 181 Å². The summed E-state index contributed by atoms with van der Waals surface area (Å²) < 4.78 is 5.16. The zero-order chi connectivity index (χ0) is 21.7. The number of rotatable bonds is 6. The van der Waals surface area contributed by atoms with Crippen LogP contribution in [0.5, 0.6) is 0 Å². The van der Waals surface area contributed by atoms with Gasteiger partial charge >= 0.3 is 6.09 Å². The number of aromatic nitrogens is 1. The average molecular weight is 419 g/mol. The molecule has 0 spiro atoms. The van der Waals surface area contributed by atoms with E-state index < -0.39 is 5.41 Å². The van der Waals surface area contributed by atoms with Crippen LogP contribution in [0.1, 0.15) is 48.0 Å². The van der Waals surface area contributed by atoms with E-state index >= 15 is 0 Å². The maximum atomic E-state index is 12.8. The number of hydrogen-bond donors (Lipinski definition) is 2. The molecule has 160 valence electrons. The normalized spacial score (nSPS) is 16.7. The van der Waals surface area contributed by atoms with Gasteiger partial charge in [-0.15, -0.1) is 0 Å². The quantitative estimate of drug-likeness (QED) is 0.688. The molecule has 1 aliphatic carbocycles. The van der Waals surface area contributed by atoms with Crippen molar-refractivity contribution in [2.24, 2.45) is 0 Å². The van der Waals surface area contributed by atoms with E-state index in [1.54, 1.807) is 23.2 Å². The van der Waals surface area contributed by atoms with E-state index in [1.165, 1.54) is 0 Å². The Morgan fingerprint density at radius 2 is 1.87 bits per heavy atom. The van der Waals surface area contributed by atoms with Crippen LogP contribution in [0.25, 0.3) is 0 Å². The van der Waals surface area contributed by atoms with Crippen LogP contribution in [-0.4, -0.2) is 41.7 Å². The van der Waals surface area contributed by atoms with Crippen molar-refractivity contribution in [3.63, 3.8) is 0 Å². The predicted octanol–water partition coefficient (Wildman–Crippen LogP) is 3.88. The molecular weight excluding hydrogens is 394 g/mol. The van der Waals surface area contributed by atoms with E-state index in [0.717, 1.165) is 37.7 Å². The number of ether oxygens (including phenoxy) is 1. The third-order valence-electron chi connectivity index (χ3n) is 5.97. The molecule has 1 saturated carbocycles. The number of carbonyl (C=O) groups excluding carboxylic acids is 2. The summed E-state index contributed by atoms with van der Waals surface area (Å²) in [6.07, 6.45) is 6.06. The molecule has 2 N–H and O–H groups in total. The van der Waals surface area contributed by atoms with Crippen molar-refractivity contribution in [1.82, 2.24) is 9.88 Å². The van der Waals surface area contributed by atoms with Gasteiger partial charge in [0.25, 0.3) is 5.91 Å². The van der Waals surface area contributed by atoms with E-state index in [-0.39, 0.29) is 18.7 Å². The van der Waals surface area contributed by atoms with Gasteiger partial charge in [0.15, 0.2) is 6.73 Å². The average Bonchev–Trinajstić information content (AvgIpc) is 3.24. The van der Waals surface area contributed by atoms with Crippen LogP contribution >= 0.6 is 0 Å². The van der Waals surface area contributed by atoms with Crippen molar-refractivity contribution >= 4 is 23.5 Å². The smallest absolute Gasteiger partial charge is 0.411 e. The number of amides is 2. The van der Waals surface area contributed by atoms with Crippen molar-refractivity contribution in [2.75, 3.05) is 30.5 Å². The van der Waals surface area contributed by atoms with Gasteiger partial charge in [-0.3, -0.25) is 4.79 Å². The zero-order valence-corrected chi connectivity index (χ0v) is 17.3. The van der Waals surface area contributed by atoms with Crippen LogP contribution < -0.4 is 10.6 Å². The van der Waals surface area contributed by atoms with Crippen LogP contribution in [0.3, 0.4) is 0 Å². The lowest BCUT2D eigenvalue weighted by molar-refractivity contribution is 0.0863. The fraction of sp³-hybridized carbons (Fsp3) is 0.391. The van der Waals surface area contributed by atoms with Crippen molar-refractivity contribution < 1.29 is 14.3 Å². The third-order valence-corrected chi connectivity index (χ3v) is 5.97. The van der Waals surface area contributed by atoms with Gasteiger partial charge in [-0.05, 0) is 49.1 Å². The summed E-state index contributed by atoms with van der Waals surface area (Å²) in [6, 6.07) is 13.3. The summed E-state index contributed by atoms with van der Waals surface area (Å²) >= 11 is 0. The summed E-state index contributed by atoms with van der Waals surface area (Å²) in [7, 11) is 0. The predicted molar refractivity (Wildman–Crippen MR) is 116 cm³/mol. The number of likely N-dealkylation sites (tertiary alicyclic amines) is 1. The molecule has 8 nitrogen and oxygen atoms in total. The molecule has 0 unspecified atom stereocenters. The van der Waals surface area contributed by atoms with Crippen LogP contribution in [0.2, 0.25) is 0 Å². The second-order valence-corrected chi connectivity index (χ2v) is 7.90. The number of nitriles is 1. The summed E-state index contributed by atoms with van der Waals surface area (Å²) in [6.45, 7) is 1.35. The van der Waals surface area contributed by atoms with Crippen LogP contribution in [0, 0.1) is 11.3 Å². The van der Waals surface area contributed by atoms with Crippen LogP contribution in [-0.2, 0) is 10.2 Å². The van der Waals surface area contributed by atoms with Crippen molar-refractivity contribution in [3.8, 4) is 6.07 Å². The molecule has 31 heavy (non-hydrogen) atoms. The third kappa shape index (κ3) is 4.45. The van der Waals surface area contributed by atoms with E-state index in [2.05, 4.69) is 21.7 Å². The maximum Gasteiger partial charge on any atom is 0.411 e. The molecule has 0 radical (unpaired) electrons. The van der Waals surface area contributed by atoms with Gasteiger partial charge in [0.1, 0.15) is 5.82 Å².